The Balaban J connectivity index is 1.38. The number of benzene rings is 1. The SMILES string of the molecule is CN(Cc1ccc(C(=O)NC2CC2)cc1)C(=O)c1csc(-c2ccsc2)n1. The molecule has 2 amide bonds. The lowest BCUT2D eigenvalue weighted by Gasteiger charge is -2.16. The molecule has 27 heavy (non-hydrogen) atoms. The van der Waals surface area contributed by atoms with E-state index in [4.69, 9.17) is 0 Å². The molecule has 0 atom stereocenters. The van der Waals surface area contributed by atoms with E-state index in [2.05, 4.69) is 10.3 Å². The van der Waals surface area contributed by atoms with Crippen LogP contribution in [0.3, 0.4) is 0 Å². The summed E-state index contributed by atoms with van der Waals surface area (Å²) in [5.41, 5.74) is 3.14. The van der Waals surface area contributed by atoms with Crippen LogP contribution in [0.4, 0.5) is 0 Å². The van der Waals surface area contributed by atoms with Crippen molar-refractivity contribution in [3.8, 4) is 10.6 Å². The van der Waals surface area contributed by atoms with Gasteiger partial charge in [0.25, 0.3) is 11.8 Å². The minimum atomic E-state index is -0.108. The van der Waals surface area contributed by atoms with Crippen LogP contribution in [0.15, 0.2) is 46.5 Å². The van der Waals surface area contributed by atoms with Crippen molar-refractivity contribution in [2.75, 3.05) is 7.05 Å². The van der Waals surface area contributed by atoms with Gasteiger partial charge in [0.15, 0.2) is 0 Å². The van der Waals surface area contributed by atoms with Gasteiger partial charge in [-0.05, 0) is 42.0 Å². The van der Waals surface area contributed by atoms with Crippen molar-refractivity contribution in [3.05, 3.63) is 63.3 Å². The van der Waals surface area contributed by atoms with Crippen molar-refractivity contribution < 1.29 is 9.59 Å². The van der Waals surface area contributed by atoms with Crippen LogP contribution in [-0.2, 0) is 6.54 Å². The molecule has 1 N–H and O–H groups in total. The number of thiophene rings is 1. The largest absolute Gasteiger partial charge is 0.349 e. The lowest BCUT2D eigenvalue weighted by Crippen LogP contribution is -2.27. The van der Waals surface area contributed by atoms with Gasteiger partial charge in [0.1, 0.15) is 10.7 Å². The Morgan fingerprint density at radius 1 is 1.19 bits per heavy atom. The fourth-order valence-electron chi connectivity index (χ4n) is 2.69. The minimum absolute atomic E-state index is 0.0306. The predicted molar refractivity (Wildman–Crippen MR) is 108 cm³/mol. The minimum Gasteiger partial charge on any atom is -0.349 e. The first-order valence-electron chi connectivity index (χ1n) is 8.73. The standard InChI is InChI=1S/C20H19N3O2S2/c1-23(20(25)17-12-27-19(22-17)15-8-9-26-11-15)10-13-2-4-14(5-3-13)18(24)21-16-6-7-16/h2-5,8-9,11-12,16H,6-7,10H2,1H3,(H,21,24). The maximum Gasteiger partial charge on any atom is 0.273 e. The van der Waals surface area contributed by atoms with Gasteiger partial charge in [0, 0.05) is 41.5 Å². The summed E-state index contributed by atoms with van der Waals surface area (Å²) in [7, 11) is 1.76. The maximum atomic E-state index is 12.6. The fourth-order valence-corrected chi connectivity index (χ4v) is 4.20. The van der Waals surface area contributed by atoms with E-state index in [1.54, 1.807) is 28.7 Å². The molecule has 0 bridgehead atoms. The second-order valence-electron chi connectivity index (χ2n) is 6.66. The van der Waals surface area contributed by atoms with Crippen molar-refractivity contribution in [2.45, 2.75) is 25.4 Å². The third-order valence-electron chi connectivity index (χ3n) is 4.39. The van der Waals surface area contributed by atoms with Crippen LogP contribution < -0.4 is 5.32 Å². The number of carbonyl (C=O) groups excluding carboxylic acids is 2. The zero-order valence-electron chi connectivity index (χ0n) is 14.8. The summed E-state index contributed by atoms with van der Waals surface area (Å²) in [6.07, 6.45) is 2.14. The van der Waals surface area contributed by atoms with Crippen molar-refractivity contribution in [3.63, 3.8) is 0 Å². The molecule has 138 valence electrons. The van der Waals surface area contributed by atoms with Gasteiger partial charge in [-0.15, -0.1) is 11.3 Å². The molecule has 5 nitrogen and oxygen atoms in total. The highest BCUT2D eigenvalue weighted by Gasteiger charge is 2.23. The van der Waals surface area contributed by atoms with E-state index in [9.17, 15) is 9.59 Å². The van der Waals surface area contributed by atoms with E-state index >= 15 is 0 Å². The Bertz CT molecular complexity index is 944. The third kappa shape index (κ3) is 4.26. The zero-order valence-corrected chi connectivity index (χ0v) is 16.5. The number of aromatic nitrogens is 1. The molecule has 0 unspecified atom stereocenters. The van der Waals surface area contributed by atoms with Crippen LogP contribution in [0, 0.1) is 0 Å². The second-order valence-corrected chi connectivity index (χ2v) is 8.29. The number of thiazole rings is 1. The highest BCUT2D eigenvalue weighted by molar-refractivity contribution is 7.14. The second kappa shape index (κ2) is 7.62. The molecule has 7 heteroatoms. The summed E-state index contributed by atoms with van der Waals surface area (Å²) in [6.45, 7) is 0.467. The van der Waals surface area contributed by atoms with E-state index in [1.165, 1.54) is 11.3 Å². The van der Waals surface area contributed by atoms with Crippen LogP contribution >= 0.6 is 22.7 Å². The number of rotatable bonds is 6. The molecule has 1 aliphatic rings. The fraction of sp³-hybridized carbons (Fsp3) is 0.250. The molecule has 3 aromatic rings. The third-order valence-corrected chi connectivity index (χ3v) is 5.96. The highest BCUT2D eigenvalue weighted by atomic mass is 32.1. The smallest absolute Gasteiger partial charge is 0.273 e. The maximum absolute atomic E-state index is 12.6. The average Bonchev–Trinajstić information content (AvgIpc) is 3.15. The molecule has 0 saturated heterocycles. The Kier molecular flexibility index (Phi) is 5.05. The molecule has 1 saturated carbocycles. The van der Waals surface area contributed by atoms with E-state index < -0.39 is 0 Å². The summed E-state index contributed by atoms with van der Waals surface area (Å²) >= 11 is 3.09. The van der Waals surface area contributed by atoms with Gasteiger partial charge >= 0.3 is 0 Å². The zero-order chi connectivity index (χ0) is 18.8. The van der Waals surface area contributed by atoms with Crippen molar-refractivity contribution in [2.24, 2.45) is 0 Å². The van der Waals surface area contributed by atoms with Gasteiger partial charge in [-0.25, -0.2) is 4.98 Å². The number of nitrogens with zero attached hydrogens (tertiary/aromatic N) is 2. The Morgan fingerprint density at radius 3 is 2.63 bits per heavy atom. The summed E-state index contributed by atoms with van der Waals surface area (Å²) in [5, 5.41) is 9.66. The lowest BCUT2D eigenvalue weighted by molar-refractivity contribution is 0.0779. The number of carbonyl (C=O) groups is 2. The van der Waals surface area contributed by atoms with Crippen LogP contribution in [0.25, 0.3) is 10.6 Å². The van der Waals surface area contributed by atoms with Gasteiger partial charge < -0.3 is 10.2 Å². The first-order chi connectivity index (χ1) is 13.1. The Morgan fingerprint density at radius 2 is 1.96 bits per heavy atom. The van der Waals surface area contributed by atoms with Gasteiger partial charge in [-0.3, -0.25) is 9.59 Å². The van der Waals surface area contributed by atoms with Crippen LogP contribution in [0.5, 0.6) is 0 Å². The van der Waals surface area contributed by atoms with E-state index in [-0.39, 0.29) is 11.8 Å². The number of nitrogens with one attached hydrogen (secondary N) is 1. The monoisotopic (exact) mass is 397 g/mol. The molecule has 1 aromatic carbocycles. The van der Waals surface area contributed by atoms with E-state index in [1.807, 2.05) is 41.1 Å². The quantitative estimate of drug-likeness (QED) is 0.683. The van der Waals surface area contributed by atoms with Gasteiger partial charge in [0.2, 0.25) is 0 Å². The number of hydrogen-bond donors (Lipinski definition) is 1. The van der Waals surface area contributed by atoms with Gasteiger partial charge in [0.05, 0.1) is 0 Å². The lowest BCUT2D eigenvalue weighted by atomic mass is 10.1. The topological polar surface area (TPSA) is 62.3 Å². The summed E-state index contributed by atoms with van der Waals surface area (Å²) in [4.78, 5) is 30.8. The number of hydrogen-bond acceptors (Lipinski definition) is 5. The van der Waals surface area contributed by atoms with Crippen LogP contribution in [-0.4, -0.2) is 34.8 Å². The van der Waals surface area contributed by atoms with Gasteiger partial charge in [-0.2, -0.15) is 11.3 Å². The first kappa shape index (κ1) is 17.9. The highest BCUT2D eigenvalue weighted by Crippen LogP contribution is 2.26. The van der Waals surface area contributed by atoms with Crippen molar-refractivity contribution in [1.29, 1.82) is 0 Å². The van der Waals surface area contributed by atoms with Crippen molar-refractivity contribution >= 4 is 34.5 Å². The molecule has 4 rings (SSSR count). The molecule has 0 spiro atoms. The van der Waals surface area contributed by atoms with Gasteiger partial charge in [-0.1, -0.05) is 12.1 Å². The molecule has 2 aromatic heterocycles. The van der Waals surface area contributed by atoms with Crippen LogP contribution in [0.1, 0.15) is 39.3 Å². The molecule has 1 aliphatic carbocycles. The normalized spacial score (nSPS) is 13.4. The molecule has 1 fully saturated rings. The molecular formula is C20H19N3O2S2. The number of amides is 2. The van der Waals surface area contributed by atoms with Crippen LogP contribution in [0.2, 0.25) is 0 Å². The Labute approximate surface area is 165 Å². The molecular weight excluding hydrogens is 378 g/mol. The molecule has 0 radical (unpaired) electrons. The summed E-state index contributed by atoms with van der Waals surface area (Å²) in [6, 6.07) is 9.75. The Hall–Kier alpha value is -2.51. The van der Waals surface area contributed by atoms with E-state index in [0.717, 1.165) is 29.0 Å². The van der Waals surface area contributed by atoms with E-state index in [0.29, 0.717) is 23.8 Å². The van der Waals surface area contributed by atoms with Crippen molar-refractivity contribution in [1.82, 2.24) is 15.2 Å². The average molecular weight is 398 g/mol. The molecule has 2 heterocycles. The summed E-state index contributed by atoms with van der Waals surface area (Å²) in [5.74, 6) is -0.139. The predicted octanol–water partition coefficient (Wildman–Crippen LogP) is 4.04. The molecule has 0 aliphatic heterocycles. The summed E-state index contributed by atoms with van der Waals surface area (Å²) < 4.78 is 0. The first-order valence-corrected chi connectivity index (χ1v) is 10.6.